The van der Waals surface area contributed by atoms with E-state index in [0.717, 1.165) is 6.42 Å². The number of rotatable bonds is 2. The van der Waals surface area contributed by atoms with Gasteiger partial charge in [-0.05, 0) is 100 Å². The van der Waals surface area contributed by atoms with Crippen molar-refractivity contribution < 1.29 is 0 Å². The van der Waals surface area contributed by atoms with E-state index in [1.54, 1.807) is 0 Å². The fraction of sp³-hybridized carbons (Fsp3) is 0.106. The van der Waals surface area contributed by atoms with Crippen LogP contribution in [0, 0.1) is 0 Å². The summed E-state index contributed by atoms with van der Waals surface area (Å²) in [5.41, 5.74) is 18.7. The zero-order chi connectivity index (χ0) is 33.6. The number of aryl methyl sites for hydroxylation is 1. The Morgan fingerprint density at radius 2 is 1.18 bits per heavy atom. The van der Waals surface area contributed by atoms with Crippen LogP contribution in [-0.4, -0.2) is 11.1 Å². The van der Waals surface area contributed by atoms with Crippen molar-refractivity contribution in [1.82, 2.24) is 4.40 Å². The van der Waals surface area contributed by atoms with Crippen LogP contribution in [-0.2, 0) is 11.8 Å². The Kier molecular flexibility index (Phi) is 5.24. The van der Waals surface area contributed by atoms with Crippen molar-refractivity contribution in [3.8, 4) is 0 Å². The minimum atomic E-state index is 0.0679. The summed E-state index contributed by atoms with van der Waals surface area (Å²) in [6.07, 6.45) is 2.30. The molecule has 3 nitrogen and oxygen atoms in total. The van der Waals surface area contributed by atoms with E-state index < -0.39 is 0 Å². The molecule has 3 aliphatic rings. The van der Waals surface area contributed by atoms with Crippen LogP contribution in [0.1, 0.15) is 31.4 Å². The Hall–Kier alpha value is -6.00. The lowest BCUT2D eigenvalue weighted by Gasteiger charge is -2.44. The molecule has 0 amide bonds. The van der Waals surface area contributed by atoms with Gasteiger partial charge < -0.3 is 14.2 Å². The molecule has 4 heteroatoms. The summed E-state index contributed by atoms with van der Waals surface area (Å²) >= 11 is 0. The van der Waals surface area contributed by atoms with E-state index in [2.05, 4.69) is 174 Å². The highest BCUT2D eigenvalue weighted by Gasteiger charge is 2.46. The first-order valence-corrected chi connectivity index (χ1v) is 18.3. The third-order valence-corrected chi connectivity index (χ3v) is 12.3. The number of aromatic nitrogens is 1. The summed E-state index contributed by atoms with van der Waals surface area (Å²) in [4.78, 5) is 5.12. The van der Waals surface area contributed by atoms with Gasteiger partial charge >= 0.3 is 0 Å². The minimum Gasteiger partial charge on any atom is -0.311 e. The molecule has 0 saturated heterocycles. The zero-order valence-electron chi connectivity index (χ0n) is 28.7. The monoisotopic (exact) mass is 651 g/mol. The molecule has 9 aromatic rings. The van der Waals surface area contributed by atoms with Gasteiger partial charge in [-0.15, -0.1) is 0 Å². The summed E-state index contributed by atoms with van der Waals surface area (Å²) in [6, 6.07) is 54.8. The van der Waals surface area contributed by atoms with Gasteiger partial charge in [-0.25, -0.2) is 0 Å². The maximum absolute atomic E-state index is 2.61. The fourth-order valence-electron chi connectivity index (χ4n) is 10.1. The highest BCUT2D eigenvalue weighted by molar-refractivity contribution is 7.00. The Morgan fingerprint density at radius 1 is 0.549 bits per heavy atom. The van der Waals surface area contributed by atoms with Crippen LogP contribution in [0.3, 0.4) is 0 Å². The van der Waals surface area contributed by atoms with E-state index >= 15 is 0 Å². The van der Waals surface area contributed by atoms with Gasteiger partial charge in [0.25, 0.3) is 6.71 Å². The van der Waals surface area contributed by atoms with E-state index in [0.29, 0.717) is 0 Å². The van der Waals surface area contributed by atoms with Gasteiger partial charge in [-0.1, -0.05) is 105 Å². The number of nitrogens with zero attached hydrogens (tertiary/aromatic N) is 3. The summed E-state index contributed by atoms with van der Waals surface area (Å²) < 4.78 is 2.52. The second kappa shape index (κ2) is 9.61. The first-order valence-electron chi connectivity index (χ1n) is 18.3. The third kappa shape index (κ3) is 3.45. The molecule has 51 heavy (non-hydrogen) atoms. The molecule has 0 N–H and O–H groups in total. The van der Waals surface area contributed by atoms with Crippen LogP contribution < -0.4 is 26.2 Å². The summed E-state index contributed by atoms with van der Waals surface area (Å²) in [6.45, 7) is 4.94. The first-order chi connectivity index (χ1) is 25.1. The third-order valence-electron chi connectivity index (χ3n) is 12.3. The average Bonchev–Trinajstić information content (AvgIpc) is 3.80. The topological polar surface area (TPSA) is 10.9 Å². The molecule has 2 aromatic heterocycles. The number of anilines is 6. The average molecular weight is 652 g/mol. The van der Waals surface area contributed by atoms with Crippen LogP contribution in [0.5, 0.6) is 0 Å². The van der Waals surface area contributed by atoms with Crippen molar-refractivity contribution in [2.24, 2.45) is 0 Å². The van der Waals surface area contributed by atoms with Crippen LogP contribution in [0.25, 0.3) is 38.1 Å². The Labute approximate surface area is 297 Å². The summed E-state index contributed by atoms with van der Waals surface area (Å²) in [7, 11) is 0. The molecule has 0 saturated carbocycles. The predicted octanol–water partition coefficient (Wildman–Crippen LogP) is 10.1. The number of para-hydroxylation sites is 4. The van der Waals surface area contributed by atoms with Crippen LogP contribution >= 0.6 is 0 Å². The Morgan fingerprint density at radius 3 is 1.92 bits per heavy atom. The molecule has 7 aromatic carbocycles. The molecule has 240 valence electrons. The van der Waals surface area contributed by atoms with Gasteiger partial charge in [0, 0.05) is 50.0 Å². The molecule has 1 aliphatic carbocycles. The molecule has 0 fully saturated rings. The highest BCUT2D eigenvalue weighted by Crippen LogP contribution is 2.51. The van der Waals surface area contributed by atoms with E-state index in [4.69, 9.17) is 0 Å². The van der Waals surface area contributed by atoms with E-state index in [9.17, 15) is 0 Å². The molecule has 0 bridgehead atoms. The quantitative estimate of drug-likeness (QED) is 0.172. The number of hydrogen-bond donors (Lipinski definition) is 0. The Balaban J connectivity index is 1.30. The normalized spacial score (nSPS) is 15.5. The largest absolute Gasteiger partial charge is 0.311 e. The van der Waals surface area contributed by atoms with Crippen molar-refractivity contribution in [2.45, 2.75) is 32.1 Å². The van der Waals surface area contributed by atoms with E-state index in [1.807, 2.05) is 0 Å². The standard InChI is InChI=1S/C47H34BN3/c1-47(2)25-24-29-26-42-36(28-35(29)47)48-37-27-34-32-18-9-11-20-38(32)51-39-21-12-10-19-33(39)43(45(34)51)46(37)50(31-16-7-4-8-17-31)41-23-13-22-40(44(41)48)49(42)30-14-5-3-6-15-30/h3-23,26-28H,24-25H2,1-2H3. The van der Waals surface area contributed by atoms with Crippen molar-refractivity contribution in [2.75, 3.05) is 9.80 Å². The number of fused-ring (bicyclic) bond motifs is 12. The molecule has 0 unspecified atom stereocenters. The van der Waals surface area contributed by atoms with Crippen molar-refractivity contribution >= 4 is 95.3 Å². The van der Waals surface area contributed by atoms with Gasteiger partial charge in [0.15, 0.2) is 0 Å². The predicted molar refractivity (Wildman–Crippen MR) is 216 cm³/mol. The lowest BCUT2D eigenvalue weighted by molar-refractivity contribution is 0.522. The molecule has 4 heterocycles. The zero-order valence-corrected chi connectivity index (χ0v) is 28.7. The Bertz CT molecular complexity index is 2910. The second-order valence-corrected chi connectivity index (χ2v) is 15.4. The molecule has 0 atom stereocenters. The SMILES string of the molecule is CC1(C)CCc2cc3c(cc21)B1c2cc4c5ccccc5n5c6ccccc6c(c2N(c2ccccc2)c2cccc(c21)N3c1ccccc1)c45. The molecule has 12 rings (SSSR count). The maximum atomic E-state index is 2.61. The number of hydrogen-bond acceptors (Lipinski definition) is 2. The van der Waals surface area contributed by atoms with Gasteiger partial charge in [0.1, 0.15) is 0 Å². The first kappa shape index (κ1) is 27.8. The molecule has 2 aliphatic heterocycles. The summed E-state index contributed by atoms with van der Waals surface area (Å²) in [5.74, 6) is 0. The van der Waals surface area contributed by atoms with Crippen molar-refractivity contribution in [3.05, 3.63) is 157 Å². The van der Waals surface area contributed by atoms with Gasteiger partial charge in [0.2, 0.25) is 0 Å². The van der Waals surface area contributed by atoms with Crippen LogP contribution in [0.15, 0.2) is 146 Å². The lowest BCUT2D eigenvalue weighted by Crippen LogP contribution is -2.61. The van der Waals surface area contributed by atoms with Gasteiger partial charge in [-0.2, -0.15) is 0 Å². The van der Waals surface area contributed by atoms with Crippen molar-refractivity contribution in [3.63, 3.8) is 0 Å². The molecular weight excluding hydrogens is 617 g/mol. The smallest absolute Gasteiger partial charge is 0.252 e. The molecule has 0 spiro atoms. The molecule has 0 radical (unpaired) electrons. The highest BCUT2D eigenvalue weighted by atomic mass is 15.2. The van der Waals surface area contributed by atoms with Gasteiger partial charge in [0.05, 0.1) is 22.2 Å². The summed E-state index contributed by atoms with van der Waals surface area (Å²) in [5, 5.41) is 5.28. The van der Waals surface area contributed by atoms with Gasteiger partial charge in [-0.3, -0.25) is 0 Å². The lowest BCUT2D eigenvalue weighted by atomic mass is 9.33. The minimum absolute atomic E-state index is 0.0679. The number of benzene rings is 7. The van der Waals surface area contributed by atoms with E-state index in [-0.39, 0.29) is 12.1 Å². The second-order valence-electron chi connectivity index (χ2n) is 15.4. The van der Waals surface area contributed by atoms with Crippen molar-refractivity contribution in [1.29, 1.82) is 0 Å². The molecular formula is C47H34BN3. The van der Waals surface area contributed by atoms with E-state index in [1.165, 1.54) is 106 Å². The van der Waals surface area contributed by atoms with Crippen LogP contribution in [0.2, 0.25) is 0 Å². The maximum Gasteiger partial charge on any atom is 0.252 e. The fourth-order valence-corrected chi connectivity index (χ4v) is 10.1. The van der Waals surface area contributed by atoms with Crippen LogP contribution in [0.4, 0.5) is 34.1 Å².